The fourth-order valence-corrected chi connectivity index (χ4v) is 5.18. The molecular weight excluding hydrogens is 282 g/mol. The van der Waals surface area contributed by atoms with Crippen molar-refractivity contribution in [2.24, 2.45) is 5.92 Å². The molecule has 0 saturated carbocycles. The number of nitrogens with zero attached hydrogens (tertiary/aromatic N) is 3. The molecule has 2 rings (SSSR count). The standard InChI is InChI=1S/C20H41N3/c1-8-21-11-13-22(14-12-21)20(6,7)15-19-10-9-17(4)23(16(2)3)18(19)5/h16-19H,8-15H2,1-7H3/t17-,18+,19?/m0/s1. The van der Waals surface area contributed by atoms with Gasteiger partial charge in [0, 0.05) is 49.8 Å². The van der Waals surface area contributed by atoms with Gasteiger partial charge >= 0.3 is 0 Å². The Morgan fingerprint density at radius 3 is 2.13 bits per heavy atom. The molecule has 0 aliphatic carbocycles. The van der Waals surface area contributed by atoms with Gasteiger partial charge in [-0.05, 0) is 73.3 Å². The van der Waals surface area contributed by atoms with Crippen LogP contribution in [0.25, 0.3) is 0 Å². The van der Waals surface area contributed by atoms with Gasteiger partial charge in [-0.3, -0.25) is 9.80 Å². The van der Waals surface area contributed by atoms with Crippen LogP contribution in [0.5, 0.6) is 0 Å². The Labute approximate surface area is 145 Å². The Kier molecular flexibility index (Phi) is 6.55. The van der Waals surface area contributed by atoms with Gasteiger partial charge in [-0.1, -0.05) is 6.92 Å². The van der Waals surface area contributed by atoms with E-state index in [0.717, 1.165) is 18.0 Å². The fourth-order valence-electron chi connectivity index (χ4n) is 5.18. The van der Waals surface area contributed by atoms with Crippen LogP contribution < -0.4 is 0 Å². The van der Waals surface area contributed by atoms with Crippen LogP contribution >= 0.6 is 0 Å². The Hall–Kier alpha value is -0.120. The third kappa shape index (κ3) is 4.49. The summed E-state index contributed by atoms with van der Waals surface area (Å²) in [7, 11) is 0. The van der Waals surface area contributed by atoms with E-state index in [4.69, 9.17) is 0 Å². The summed E-state index contributed by atoms with van der Waals surface area (Å²) in [4.78, 5) is 8.10. The maximum absolute atomic E-state index is 2.76. The van der Waals surface area contributed by atoms with Gasteiger partial charge in [-0.15, -0.1) is 0 Å². The number of hydrogen-bond acceptors (Lipinski definition) is 3. The number of hydrogen-bond donors (Lipinski definition) is 0. The summed E-state index contributed by atoms with van der Waals surface area (Å²) in [6.07, 6.45) is 4.12. The third-order valence-corrected chi connectivity index (χ3v) is 6.65. The highest BCUT2D eigenvalue weighted by Gasteiger charge is 2.39. The molecule has 2 heterocycles. The van der Waals surface area contributed by atoms with E-state index < -0.39 is 0 Å². The van der Waals surface area contributed by atoms with Gasteiger partial charge in [0.25, 0.3) is 0 Å². The highest BCUT2D eigenvalue weighted by molar-refractivity contribution is 4.94. The lowest BCUT2D eigenvalue weighted by molar-refractivity contribution is -0.0109. The number of piperidine rings is 1. The zero-order chi connectivity index (χ0) is 17.2. The average molecular weight is 324 g/mol. The quantitative estimate of drug-likeness (QED) is 0.764. The lowest BCUT2D eigenvalue weighted by Crippen LogP contribution is -2.57. The maximum atomic E-state index is 2.76. The largest absolute Gasteiger partial charge is 0.301 e. The summed E-state index contributed by atoms with van der Waals surface area (Å²) in [6.45, 7) is 23.1. The van der Waals surface area contributed by atoms with Gasteiger partial charge in [0.15, 0.2) is 0 Å². The monoisotopic (exact) mass is 323 g/mol. The second-order valence-corrected chi connectivity index (χ2v) is 8.91. The second-order valence-electron chi connectivity index (χ2n) is 8.91. The second kappa shape index (κ2) is 7.84. The van der Waals surface area contributed by atoms with E-state index >= 15 is 0 Å². The molecule has 0 aromatic carbocycles. The first-order valence-corrected chi connectivity index (χ1v) is 10.0. The number of rotatable bonds is 5. The molecule has 0 aromatic heterocycles. The van der Waals surface area contributed by atoms with E-state index in [-0.39, 0.29) is 0 Å². The normalized spacial score (nSPS) is 32.6. The number of likely N-dealkylation sites (tertiary alicyclic amines) is 1. The minimum absolute atomic E-state index is 0.335. The van der Waals surface area contributed by atoms with Crippen molar-refractivity contribution in [3.8, 4) is 0 Å². The minimum Gasteiger partial charge on any atom is -0.301 e. The van der Waals surface area contributed by atoms with Crippen molar-refractivity contribution in [1.29, 1.82) is 0 Å². The van der Waals surface area contributed by atoms with Crippen molar-refractivity contribution in [3.63, 3.8) is 0 Å². The lowest BCUT2D eigenvalue weighted by Gasteiger charge is -2.50. The number of piperazine rings is 1. The Bertz CT molecular complexity index is 358. The molecule has 0 spiro atoms. The van der Waals surface area contributed by atoms with Crippen molar-refractivity contribution >= 4 is 0 Å². The van der Waals surface area contributed by atoms with Crippen LogP contribution in [0.3, 0.4) is 0 Å². The van der Waals surface area contributed by atoms with Crippen molar-refractivity contribution in [2.75, 3.05) is 32.7 Å². The first kappa shape index (κ1) is 19.2. The molecule has 3 nitrogen and oxygen atoms in total. The van der Waals surface area contributed by atoms with Crippen molar-refractivity contribution in [2.45, 2.75) is 91.4 Å². The van der Waals surface area contributed by atoms with Crippen molar-refractivity contribution in [3.05, 3.63) is 0 Å². The molecule has 0 N–H and O–H groups in total. The van der Waals surface area contributed by atoms with E-state index in [1.807, 2.05) is 0 Å². The van der Waals surface area contributed by atoms with Crippen LogP contribution in [-0.4, -0.2) is 71.1 Å². The van der Waals surface area contributed by atoms with Crippen molar-refractivity contribution < 1.29 is 0 Å². The van der Waals surface area contributed by atoms with Crippen LogP contribution in [0.2, 0.25) is 0 Å². The first-order chi connectivity index (χ1) is 10.8. The molecule has 3 heteroatoms. The van der Waals surface area contributed by atoms with E-state index in [0.29, 0.717) is 11.6 Å². The van der Waals surface area contributed by atoms with Gasteiger partial charge in [0.1, 0.15) is 0 Å². The molecule has 0 bridgehead atoms. The van der Waals surface area contributed by atoms with Crippen LogP contribution in [0, 0.1) is 5.92 Å². The van der Waals surface area contributed by atoms with Gasteiger partial charge < -0.3 is 4.90 Å². The topological polar surface area (TPSA) is 9.72 Å². The van der Waals surface area contributed by atoms with Gasteiger partial charge in [-0.2, -0.15) is 0 Å². The third-order valence-electron chi connectivity index (χ3n) is 6.65. The van der Waals surface area contributed by atoms with Crippen molar-refractivity contribution in [1.82, 2.24) is 14.7 Å². The predicted octanol–water partition coefficient (Wildman–Crippen LogP) is 3.69. The van der Waals surface area contributed by atoms with Gasteiger partial charge in [0.2, 0.25) is 0 Å². The van der Waals surface area contributed by atoms with E-state index in [9.17, 15) is 0 Å². The van der Waals surface area contributed by atoms with E-state index in [1.54, 1.807) is 0 Å². The zero-order valence-corrected chi connectivity index (χ0v) is 16.8. The van der Waals surface area contributed by atoms with Crippen LogP contribution in [0.15, 0.2) is 0 Å². The average Bonchev–Trinajstić information content (AvgIpc) is 2.50. The summed E-state index contributed by atoms with van der Waals surface area (Å²) in [5, 5.41) is 0. The molecule has 0 amide bonds. The molecule has 2 fully saturated rings. The molecular formula is C20H41N3. The minimum atomic E-state index is 0.335. The molecule has 2 aliphatic heterocycles. The fraction of sp³-hybridized carbons (Fsp3) is 1.00. The summed E-state index contributed by atoms with van der Waals surface area (Å²) < 4.78 is 0. The highest BCUT2D eigenvalue weighted by Crippen LogP contribution is 2.36. The Morgan fingerprint density at radius 1 is 1.00 bits per heavy atom. The molecule has 0 aromatic rings. The molecule has 23 heavy (non-hydrogen) atoms. The van der Waals surface area contributed by atoms with E-state index in [2.05, 4.69) is 63.2 Å². The zero-order valence-electron chi connectivity index (χ0n) is 16.8. The van der Waals surface area contributed by atoms with Gasteiger partial charge in [0.05, 0.1) is 0 Å². The Morgan fingerprint density at radius 2 is 1.61 bits per heavy atom. The molecule has 2 aliphatic rings. The number of likely N-dealkylation sites (N-methyl/N-ethyl adjacent to an activating group) is 1. The summed E-state index contributed by atoms with van der Waals surface area (Å²) in [6, 6.07) is 2.13. The lowest BCUT2D eigenvalue weighted by atomic mass is 9.77. The predicted molar refractivity (Wildman–Crippen MR) is 101 cm³/mol. The highest BCUT2D eigenvalue weighted by atomic mass is 15.3. The van der Waals surface area contributed by atoms with Crippen LogP contribution in [-0.2, 0) is 0 Å². The molecule has 1 unspecified atom stereocenters. The summed E-state index contributed by atoms with van der Waals surface area (Å²) in [5.74, 6) is 0.841. The molecule has 3 atom stereocenters. The van der Waals surface area contributed by atoms with Crippen LogP contribution in [0.4, 0.5) is 0 Å². The van der Waals surface area contributed by atoms with Gasteiger partial charge in [-0.25, -0.2) is 0 Å². The smallest absolute Gasteiger partial charge is 0.0157 e. The van der Waals surface area contributed by atoms with E-state index in [1.165, 1.54) is 52.0 Å². The SMILES string of the molecule is CCN1CCN(C(C)(C)CC2CC[C@H](C)N(C(C)C)[C@@H]2C)CC1. The first-order valence-electron chi connectivity index (χ1n) is 10.0. The molecule has 2 saturated heterocycles. The Balaban J connectivity index is 1.97. The molecule has 136 valence electrons. The summed E-state index contributed by atoms with van der Waals surface area (Å²) in [5.41, 5.74) is 0.335. The van der Waals surface area contributed by atoms with Crippen LogP contribution in [0.1, 0.15) is 67.7 Å². The maximum Gasteiger partial charge on any atom is 0.0157 e. The molecule has 0 radical (unpaired) electrons. The summed E-state index contributed by atoms with van der Waals surface area (Å²) >= 11 is 0.